The van der Waals surface area contributed by atoms with Crippen molar-refractivity contribution in [2.24, 2.45) is 0 Å². The van der Waals surface area contributed by atoms with Gasteiger partial charge < -0.3 is 13.6 Å². The van der Waals surface area contributed by atoms with Gasteiger partial charge in [-0.1, -0.05) is 218 Å². The van der Waals surface area contributed by atoms with Gasteiger partial charge in [0.15, 0.2) is 0 Å². The molecular formula is C76H46N2O. The van der Waals surface area contributed by atoms with E-state index in [2.05, 4.69) is 288 Å². The molecule has 0 unspecified atom stereocenters. The van der Waals surface area contributed by atoms with Crippen molar-refractivity contribution in [2.75, 3.05) is 0 Å². The SMILES string of the molecule is c1ccc(-n2c3ccccc3c3c(-c4c5ccccc5c(-c5ccc6c(c5)oc5c(-c7c8ccccc8c(-c8cccc9c8c8ccccc8n9-c8ccccc8)c8ccccc78)cccc56)c5ccccc45)cccc32)cc1. The van der Waals surface area contributed by atoms with E-state index in [9.17, 15) is 0 Å². The maximum Gasteiger partial charge on any atom is 0.143 e. The Morgan fingerprint density at radius 3 is 1.03 bits per heavy atom. The third kappa shape index (κ3) is 6.30. The van der Waals surface area contributed by atoms with E-state index in [1.54, 1.807) is 0 Å². The number of furan rings is 1. The summed E-state index contributed by atoms with van der Waals surface area (Å²) >= 11 is 0. The van der Waals surface area contributed by atoms with Crippen molar-refractivity contribution < 1.29 is 4.42 Å². The maximum absolute atomic E-state index is 7.30. The first kappa shape index (κ1) is 43.7. The van der Waals surface area contributed by atoms with Gasteiger partial charge in [-0.2, -0.15) is 0 Å². The van der Waals surface area contributed by atoms with Crippen molar-refractivity contribution in [2.45, 2.75) is 0 Å². The summed E-state index contributed by atoms with van der Waals surface area (Å²) in [4.78, 5) is 0. The van der Waals surface area contributed by atoms with Gasteiger partial charge in [0, 0.05) is 54.8 Å². The lowest BCUT2D eigenvalue weighted by Crippen LogP contribution is -1.94. The smallest absolute Gasteiger partial charge is 0.143 e. The van der Waals surface area contributed by atoms with E-state index >= 15 is 0 Å². The van der Waals surface area contributed by atoms with Crippen molar-refractivity contribution in [3.8, 4) is 55.9 Å². The van der Waals surface area contributed by atoms with Crippen LogP contribution in [-0.2, 0) is 0 Å². The number of nitrogens with zero attached hydrogens (tertiary/aromatic N) is 2. The minimum atomic E-state index is 0.863. The van der Waals surface area contributed by atoms with Crippen LogP contribution in [0.15, 0.2) is 283 Å². The van der Waals surface area contributed by atoms with Crippen LogP contribution in [0.25, 0.3) is 165 Å². The summed E-state index contributed by atoms with van der Waals surface area (Å²) in [5.41, 5.74) is 18.3. The molecule has 0 amide bonds. The van der Waals surface area contributed by atoms with E-state index in [0.717, 1.165) is 44.4 Å². The van der Waals surface area contributed by atoms with Crippen LogP contribution in [0.1, 0.15) is 0 Å². The van der Waals surface area contributed by atoms with Crippen LogP contribution in [0.5, 0.6) is 0 Å². The van der Waals surface area contributed by atoms with Crippen molar-refractivity contribution in [1.82, 2.24) is 9.13 Å². The summed E-state index contributed by atoms with van der Waals surface area (Å²) in [7, 11) is 0. The third-order valence-electron chi connectivity index (χ3n) is 16.9. The largest absolute Gasteiger partial charge is 0.455 e. The lowest BCUT2D eigenvalue weighted by atomic mass is 9.84. The molecule has 0 saturated carbocycles. The predicted octanol–water partition coefficient (Wildman–Crippen LogP) is 21.1. The van der Waals surface area contributed by atoms with E-state index in [1.807, 2.05) is 0 Å². The number of hydrogen-bond acceptors (Lipinski definition) is 1. The normalized spacial score (nSPS) is 12.1. The summed E-state index contributed by atoms with van der Waals surface area (Å²) in [5.74, 6) is 0. The fourth-order valence-corrected chi connectivity index (χ4v) is 13.8. The molecule has 0 aliphatic rings. The highest BCUT2D eigenvalue weighted by atomic mass is 16.3. The van der Waals surface area contributed by atoms with Gasteiger partial charge in [0.05, 0.1) is 22.1 Å². The molecule has 3 nitrogen and oxygen atoms in total. The Hall–Kier alpha value is -10.5. The Balaban J connectivity index is 0.871. The standard InChI is InChI=1S/C76H46N2O/c1-3-22-48(23-4-1)77-65-40-17-15-34-60(65)74-62(37-20-42-67(74)77)71-53-28-9-7-26-51(53)70(52-27-8-10-29-54(52)71)47-44-45-50-59-36-19-39-64(76(59)79-69(50)46-47)73-57-32-13-11-30-55(57)72(56-31-12-14-33-58(56)73)63-38-21-43-68-75(63)61-35-16-18-41-66(61)78(68)49-24-5-2-6-25-49/h1-46H. The Bertz CT molecular complexity index is 5250. The molecule has 0 N–H and O–H groups in total. The monoisotopic (exact) mass is 1000 g/mol. The van der Waals surface area contributed by atoms with Crippen molar-refractivity contribution >= 4 is 109 Å². The molecule has 0 saturated heterocycles. The highest BCUT2D eigenvalue weighted by Gasteiger charge is 2.25. The Labute approximate surface area is 454 Å². The molecule has 17 rings (SSSR count). The molecule has 0 atom stereocenters. The predicted molar refractivity (Wildman–Crippen MR) is 334 cm³/mol. The zero-order valence-electron chi connectivity index (χ0n) is 42.9. The molecule has 79 heavy (non-hydrogen) atoms. The van der Waals surface area contributed by atoms with Gasteiger partial charge in [-0.15, -0.1) is 0 Å². The number of hydrogen-bond donors (Lipinski definition) is 0. The van der Waals surface area contributed by atoms with Gasteiger partial charge >= 0.3 is 0 Å². The van der Waals surface area contributed by atoms with Gasteiger partial charge in [0.1, 0.15) is 11.2 Å². The number of aromatic nitrogens is 2. The average Bonchev–Trinajstić information content (AvgIpc) is 4.35. The van der Waals surface area contributed by atoms with Crippen LogP contribution in [0.3, 0.4) is 0 Å². The van der Waals surface area contributed by atoms with Crippen LogP contribution in [0, 0.1) is 0 Å². The topological polar surface area (TPSA) is 23.0 Å². The van der Waals surface area contributed by atoms with Crippen LogP contribution >= 0.6 is 0 Å². The second-order valence-electron chi connectivity index (χ2n) is 21.0. The first-order chi connectivity index (χ1) is 39.3. The summed E-state index contributed by atoms with van der Waals surface area (Å²) in [6.45, 7) is 0. The molecule has 0 aliphatic carbocycles. The number of benzene rings is 14. The summed E-state index contributed by atoms with van der Waals surface area (Å²) in [6, 6.07) is 102. The van der Waals surface area contributed by atoms with Crippen LogP contribution in [0.4, 0.5) is 0 Å². The molecule has 0 bridgehead atoms. The Morgan fingerprint density at radius 1 is 0.228 bits per heavy atom. The molecule has 0 aliphatic heterocycles. The van der Waals surface area contributed by atoms with E-state index < -0.39 is 0 Å². The van der Waals surface area contributed by atoms with E-state index in [1.165, 1.54) is 120 Å². The summed E-state index contributed by atoms with van der Waals surface area (Å²) in [5, 5.41) is 16.8. The Kier molecular flexibility index (Phi) is 9.42. The maximum atomic E-state index is 7.30. The lowest BCUT2D eigenvalue weighted by molar-refractivity contribution is 0.670. The van der Waals surface area contributed by atoms with Gasteiger partial charge in [0.2, 0.25) is 0 Å². The molecule has 3 aromatic heterocycles. The minimum Gasteiger partial charge on any atom is -0.455 e. The van der Waals surface area contributed by atoms with Crippen LogP contribution < -0.4 is 0 Å². The van der Waals surface area contributed by atoms with Crippen molar-refractivity contribution in [3.05, 3.63) is 279 Å². The van der Waals surface area contributed by atoms with Gasteiger partial charge in [-0.3, -0.25) is 0 Å². The first-order valence-corrected chi connectivity index (χ1v) is 27.3. The first-order valence-electron chi connectivity index (χ1n) is 27.3. The van der Waals surface area contributed by atoms with Crippen LogP contribution in [0.2, 0.25) is 0 Å². The van der Waals surface area contributed by atoms with Crippen LogP contribution in [-0.4, -0.2) is 9.13 Å². The van der Waals surface area contributed by atoms with Gasteiger partial charge in [-0.25, -0.2) is 0 Å². The van der Waals surface area contributed by atoms with Gasteiger partial charge in [-0.05, 0) is 137 Å². The highest BCUT2D eigenvalue weighted by molar-refractivity contribution is 6.30. The minimum absolute atomic E-state index is 0.863. The third-order valence-corrected chi connectivity index (χ3v) is 16.9. The van der Waals surface area contributed by atoms with Gasteiger partial charge in [0.25, 0.3) is 0 Å². The Morgan fingerprint density at radius 2 is 0.570 bits per heavy atom. The molecule has 14 aromatic carbocycles. The second kappa shape index (κ2) is 17.0. The van der Waals surface area contributed by atoms with E-state index in [0.29, 0.717) is 0 Å². The summed E-state index contributed by atoms with van der Waals surface area (Å²) in [6.07, 6.45) is 0. The van der Waals surface area contributed by atoms with E-state index in [-0.39, 0.29) is 0 Å². The highest BCUT2D eigenvalue weighted by Crippen LogP contribution is 2.51. The number of rotatable bonds is 6. The molecule has 366 valence electrons. The zero-order chi connectivity index (χ0) is 51.7. The molecule has 17 aromatic rings. The second-order valence-corrected chi connectivity index (χ2v) is 21.0. The average molecular weight is 1000 g/mol. The van der Waals surface area contributed by atoms with Crippen molar-refractivity contribution in [1.29, 1.82) is 0 Å². The number of fused-ring (bicyclic) bond motifs is 13. The molecule has 3 heterocycles. The molecule has 3 heteroatoms. The number of para-hydroxylation sites is 5. The molecule has 0 radical (unpaired) electrons. The zero-order valence-corrected chi connectivity index (χ0v) is 42.9. The molecule has 0 fully saturated rings. The lowest BCUT2D eigenvalue weighted by Gasteiger charge is -2.18. The van der Waals surface area contributed by atoms with Crippen molar-refractivity contribution in [3.63, 3.8) is 0 Å². The molecule has 0 spiro atoms. The fraction of sp³-hybridized carbons (Fsp3) is 0. The van der Waals surface area contributed by atoms with E-state index in [4.69, 9.17) is 4.42 Å². The fourth-order valence-electron chi connectivity index (χ4n) is 13.8. The summed E-state index contributed by atoms with van der Waals surface area (Å²) < 4.78 is 12.1. The quantitative estimate of drug-likeness (QED) is 0.152. The molecular weight excluding hydrogens is 957 g/mol.